The minimum Gasteiger partial charge on any atom is -0.455 e. The van der Waals surface area contributed by atoms with E-state index >= 15 is 0 Å². The van der Waals surface area contributed by atoms with Crippen molar-refractivity contribution in [1.29, 1.82) is 0 Å². The van der Waals surface area contributed by atoms with Gasteiger partial charge in [-0.1, -0.05) is 195 Å². The first-order valence-corrected chi connectivity index (χ1v) is 29.3. The zero-order valence-corrected chi connectivity index (χ0v) is 45.1. The van der Waals surface area contributed by atoms with Crippen molar-refractivity contribution in [2.24, 2.45) is 17.8 Å². The molecule has 18 heteroatoms. The summed E-state index contributed by atoms with van der Waals surface area (Å²) in [7, 11) is -5.32. The van der Waals surface area contributed by atoms with Gasteiger partial charge in [0.1, 0.15) is 30.5 Å². The van der Waals surface area contributed by atoms with Crippen molar-refractivity contribution in [3.05, 3.63) is 0 Å². The van der Waals surface area contributed by atoms with E-state index in [1.807, 2.05) is 13.8 Å². The van der Waals surface area contributed by atoms with E-state index in [9.17, 15) is 53.2 Å². The Hall–Kier alpha value is -1.55. The molecule has 0 spiro atoms. The lowest BCUT2D eigenvalue weighted by Crippen LogP contribution is -2.65. The molecular formula is C53H100O17S. The molecule has 0 aromatic heterocycles. The molecule has 2 aliphatic heterocycles. The zero-order chi connectivity index (χ0) is 52.6. The van der Waals surface area contributed by atoms with Gasteiger partial charge in [-0.2, -0.15) is 8.42 Å². The predicted octanol–water partition coefficient (Wildman–Crippen LogP) is 8.54. The molecule has 2 aliphatic rings. The van der Waals surface area contributed by atoms with Crippen molar-refractivity contribution < 1.29 is 81.1 Å². The minimum absolute atomic E-state index is 0.0343. The molecule has 0 aromatic rings. The van der Waals surface area contributed by atoms with Crippen LogP contribution in [0.3, 0.4) is 0 Å². The first-order chi connectivity index (χ1) is 34.0. The average molecular weight is 1040 g/mol. The first-order valence-electron chi connectivity index (χ1n) is 27.9. The van der Waals surface area contributed by atoms with Crippen LogP contribution in [0.25, 0.3) is 0 Å². The molecule has 71 heavy (non-hydrogen) atoms. The number of aliphatic hydroxyl groups is 6. The first kappa shape index (κ1) is 65.6. The van der Waals surface area contributed by atoms with Gasteiger partial charge in [-0.05, 0) is 37.5 Å². The van der Waals surface area contributed by atoms with E-state index in [0.717, 1.165) is 44.9 Å². The number of aliphatic hydroxyl groups excluding tert-OH is 6. The molecule has 14 unspecified atom stereocenters. The molecule has 14 atom stereocenters. The van der Waals surface area contributed by atoms with Gasteiger partial charge in [0.25, 0.3) is 0 Å². The van der Waals surface area contributed by atoms with Gasteiger partial charge in [0, 0.05) is 6.42 Å². The molecule has 0 saturated carbocycles. The van der Waals surface area contributed by atoms with Crippen LogP contribution in [0.15, 0.2) is 0 Å². The van der Waals surface area contributed by atoms with E-state index in [4.69, 9.17) is 23.7 Å². The van der Waals surface area contributed by atoms with Gasteiger partial charge in [0.15, 0.2) is 24.6 Å². The second kappa shape index (κ2) is 38.1. The third-order valence-corrected chi connectivity index (χ3v) is 14.8. The second-order valence-electron chi connectivity index (χ2n) is 20.9. The highest BCUT2D eigenvalue weighted by Crippen LogP contribution is 2.34. The standard InChI is InChI=1S/C53H100O17S/c1-6-8-10-12-14-16-18-20-22-24-26-28-30-32-41(56)39(4)34-38(3)35-40(5)51(61)68-50-48(67-44(57)33-31-29-27-25-23-21-19-17-15-13-11-9-7-2)46(59)43(37-55)66-53(50)69-52-49(70-71(62,63)64)47(60)45(58)42(36-54)65-52/h38-43,45-50,52-56,58-60H,6-37H2,1-5H3,(H,62,63,64). The summed E-state index contributed by atoms with van der Waals surface area (Å²) in [6, 6.07) is 0. The van der Waals surface area contributed by atoms with E-state index in [-0.39, 0.29) is 18.3 Å². The summed E-state index contributed by atoms with van der Waals surface area (Å²) >= 11 is 0. The van der Waals surface area contributed by atoms with E-state index in [1.165, 1.54) is 116 Å². The van der Waals surface area contributed by atoms with Gasteiger partial charge in [-0.3, -0.25) is 14.1 Å². The van der Waals surface area contributed by atoms with Crippen LogP contribution in [0.1, 0.15) is 227 Å². The Kier molecular flexibility index (Phi) is 35.1. The van der Waals surface area contributed by atoms with Gasteiger partial charge in [0.05, 0.1) is 25.2 Å². The summed E-state index contributed by atoms with van der Waals surface area (Å²) in [5.74, 6) is -2.39. The van der Waals surface area contributed by atoms with Crippen molar-refractivity contribution in [2.45, 2.75) is 295 Å². The van der Waals surface area contributed by atoms with E-state index < -0.39 is 109 Å². The SMILES string of the molecule is CCCCCCCCCCCCCCCC(=O)OC1C(O)C(CO)OC(OC2OC(CO)C(O)C(O)C2OS(=O)(=O)O)C1OC(=O)C(C)CC(C)CC(C)C(O)CCCCCCCCCCCCCCC. The lowest BCUT2D eigenvalue weighted by molar-refractivity contribution is -0.374. The number of hydrogen-bond donors (Lipinski definition) is 7. The Balaban J connectivity index is 2.08. The van der Waals surface area contributed by atoms with E-state index in [0.29, 0.717) is 25.7 Å². The van der Waals surface area contributed by atoms with Crippen LogP contribution in [-0.2, 0) is 47.9 Å². The van der Waals surface area contributed by atoms with Crippen LogP contribution in [0, 0.1) is 17.8 Å². The molecule has 420 valence electrons. The fourth-order valence-electron chi connectivity index (χ4n) is 9.94. The van der Waals surface area contributed by atoms with E-state index in [1.54, 1.807) is 6.92 Å². The summed E-state index contributed by atoms with van der Waals surface area (Å²) < 4.78 is 66.9. The van der Waals surface area contributed by atoms with Crippen LogP contribution >= 0.6 is 0 Å². The number of hydrogen-bond acceptors (Lipinski definition) is 16. The third-order valence-electron chi connectivity index (χ3n) is 14.3. The fraction of sp³-hybridized carbons (Fsp3) is 0.962. The molecular weight excluding hydrogens is 941 g/mol. The predicted molar refractivity (Wildman–Crippen MR) is 270 cm³/mol. The molecule has 2 rings (SSSR count). The summed E-state index contributed by atoms with van der Waals surface area (Å²) in [4.78, 5) is 27.4. The Morgan fingerprint density at radius 2 is 0.972 bits per heavy atom. The monoisotopic (exact) mass is 1040 g/mol. The number of unbranched alkanes of at least 4 members (excludes halogenated alkanes) is 24. The number of esters is 2. The van der Waals surface area contributed by atoms with Crippen LogP contribution in [-0.4, -0.2) is 136 Å². The van der Waals surface area contributed by atoms with Crippen LogP contribution in [0.5, 0.6) is 0 Å². The van der Waals surface area contributed by atoms with Crippen LogP contribution < -0.4 is 0 Å². The van der Waals surface area contributed by atoms with Crippen molar-refractivity contribution in [3.8, 4) is 0 Å². The molecule has 2 fully saturated rings. The Morgan fingerprint density at radius 1 is 0.549 bits per heavy atom. The maximum absolute atomic E-state index is 14.0. The lowest BCUT2D eigenvalue weighted by Gasteiger charge is -2.46. The Bertz CT molecular complexity index is 1470. The fourth-order valence-corrected chi connectivity index (χ4v) is 10.4. The molecule has 0 aromatic carbocycles. The summed E-state index contributed by atoms with van der Waals surface area (Å²) in [5, 5.41) is 63.9. The summed E-state index contributed by atoms with van der Waals surface area (Å²) in [5.41, 5.74) is 0. The van der Waals surface area contributed by atoms with Crippen molar-refractivity contribution in [2.75, 3.05) is 13.2 Å². The average Bonchev–Trinajstić information content (AvgIpc) is 3.32. The molecule has 0 aliphatic carbocycles. The Morgan fingerprint density at radius 3 is 1.42 bits per heavy atom. The Labute approximate surface area is 427 Å². The zero-order valence-electron chi connectivity index (χ0n) is 44.3. The number of rotatable bonds is 42. The molecule has 0 bridgehead atoms. The second-order valence-corrected chi connectivity index (χ2v) is 22.0. The normalized spacial score (nSPS) is 26.7. The van der Waals surface area contributed by atoms with Gasteiger partial charge in [-0.15, -0.1) is 0 Å². The van der Waals surface area contributed by atoms with Crippen molar-refractivity contribution in [1.82, 2.24) is 0 Å². The van der Waals surface area contributed by atoms with Gasteiger partial charge < -0.3 is 54.3 Å². The van der Waals surface area contributed by atoms with Crippen LogP contribution in [0.4, 0.5) is 0 Å². The minimum atomic E-state index is -5.32. The highest BCUT2D eigenvalue weighted by atomic mass is 32.3. The molecule has 7 N–H and O–H groups in total. The molecule has 2 heterocycles. The summed E-state index contributed by atoms with van der Waals surface area (Å²) in [6.45, 7) is 8.32. The maximum Gasteiger partial charge on any atom is 0.397 e. The molecule has 0 radical (unpaired) electrons. The smallest absolute Gasteiger partial charge is 0.397 e. The number of carbonyl (C=O) groups is 2. The quantitative estimate of drug-likeness (QED) is 0.0171. The topological polar surface area (TPSA) is 265 Å². The van der Waals surface area contributed by atoms with Crippen molar-refractivity contribution in [3.63, 3.8) is 0 Å². The maximum atomic E-state index is 14.0. The third kappa shape index (κ3) is 27.2. The highest BCUT2D eigenvalue weighted by molar-refractivity contribution is 7.80. The van der Waals surface area contributed by atoms with Crippen LogP contribution in [0.2, 0.25) is 0 Å². The summed E-state index contributed by atoms with van der Waals surface area (Å²) in [6.07, 6.45) is 13.2. The number of ether oxygens (including phenoxy) is 5. The van der Waals surface area contributed by atoms with Crippen molar-refractivity contribution >= 4 is 22.3 Å². The largest absolute Gasteiger partial charge is 0.455 e. The van der Waals surface area contributed by atoms with Gasteiger partial charge >= 0.3 is 22.3 Å². The molecule has 2 saturated heterocycles. The van der Waals surface area contributed by atoms with Gasteiger partial charge in [-0.25, -0.2) is 4.18 Å². The lowest BCUT2D eigenvalue weighted by atomic mass is 9.86. The molecule has 17 nitrogen and oxygen atoms in total. The highest BCUT2D eigenvalue weighted by Gasteiger charge is 2.54. The van der Waals surface area contributed by atoms with Gasteiger partial charge in [0.2, 0.25) is 6.29 Å². The number of carbonyl (C=O) groups excluding carboxylic acids is 2. The van der Waals surface area contributed by atoms with E-state index in [2.05, 4.69) is 18.0 Å². The molecule has 0 amide bonds.